The summed E-state index contributed by atoms with van der Waals surface area (Å²) in [5, 5.41) is 3.71. The molecule has 1 heterocycles. The summed E-state index contributed by atoms with van der Waals surface area (Å²) in [6, 6.07) is 25.2. The monoisotopic (exact) mass is 425 g/mol. The number of aryl methyl sites for hydroxylation is 1. The smallest absolute Gasteiger partial charge is 0.168 e. The van der Waals surface area contributed by atoms with Gasteiger partial charge in [0.05, 0.1) is 7.11 Å². The van der Waals surface area contributed by atoms with Crippen LogP contribution in [0, 0.1) is 5.92 Å². The lowest BCUT2D eigenvalue weighted by Gasteiger charge is -2.21. The van der Waals surface area contributed by atoms with Crippen LogP contribution in [0.3, 0.4) is 0 Å². The van der Waals surface area contributed by atoms with E-state index in [0.717, 1.165) is 30.6 Å². The van der Waals surface area contributed by atoms with E-state index in [9.17, 15) is 4.79 Å². The lowest BCUT2D eigenvalue weighted by atomic mass is 9.83. The standard InChI is InChI=1S/C29H31NO2/c1-3-4-10-19-15-16-21(17-26(19)32-2)23-18-24(29(31)20-11-6-5-7-12-20)28-27(23)22-13-8-9-14-25(22)30-28/h5-9,11-17,23-24,27-28,30H,3-4,10,18H2,1-2H3/t23-,24-,27+,28-/m0/s1. The van der Waals surface area contributed by atoms with Gasteiger partial charge in [0, 0.05) is 29.1 Å². The van der Waals surface area contributed by atoms with Gasteiger partial charge in [0.15, 0.2) is 5.78 Å². The summed E-state index contributed by atoms with van der Waals surface area (Å²) in [7, 11) is 1.76. The first-order valence-electron chi connectivity index (χ1n) is 11.8. The van der Waals surface area contributed by atoms with Crippen LogP contribution in [0.2, 0.25) is 0 Å². The average Bonchev–Trinajstić information content (AvgIpc) is 3.40. The minimum atomic E-state index is -0.0504. The number of Topliss-reactive ketones (excluding diaryl/α,β-unsaturated/α-hetero) is 1. The molecule has 1 aliphatic heterocycles. The molecule has 164 valence electrons. The summed E-state index contributed by atoms with van der Waals surface area (Å²) in [6.07, 6.45) is 4.22. The molecule has 0 spiro atoms. The van der Waals surface area contributed by atoms with Crippen molar-refractivity contribution in [1.29, 1.82) is 0 Å². The second kappa shape index (κ2) is 8.82. The Hall–Kier alpha value is -3.07. The summed E-state index contributed by atoms with van der Waals surface area (Å²) in [5.41, 5.74) is 5.86. The first-order chi connectivity index (χ1) is 15.7. The van der Waals surface area contributed by atoms with Gasteiger partial charge in [-0.3, -0.25) is 4.79 Å². The van der Waals surface area contributed by atoms with Crippen LogP contribution in [0.15, 0.2) is 72.8 Å². The third kappa shape index (κ3) is 3.60. The maximum Gasteiger partial charge on any atom is 0.168 e. The van der Waals surface area contributed by atoms with Crippen LogP contribution in [0.25, 0.3) is 0 Å². The molecule has 3 heteroatoms. The average molecular weight is 426 g/mol. The third-order valence-corrected chi connectivity index (χ3v) is 7.34. The second-order valence-electron chi connectivity index (χ2n) is 9.14. The molecule has 3 aromatic rings. The molecule has 0 aromatic heterocycles. The Balaban J connectivity index is 1.52. The molecule has 5 rings (SSSR count). The molecule has 0 bridgehead atoms. The topological polar surface area (TPSA) is 38.3 Å². The Morgan fingerprint density at radius 2 is 1.81 bits per heavy atom. The van der Waals surface area contributed by atoms with E-state index in [2.05, 4.69) is 54.7 Å². The number of para-hydroxylation sites is 1. The highest BCUT2D eigenvalue weighted by Gasteiger charge is 2.51. The van der Waals surface area contributed by atoms with Crippen LogP contribution in [0.1, 0.15) is 65.1 Å². The molecular formula is C29H31NO2. The van der Waals surface area contributed by atoms with E-state index in [0.29, 0.717) is 0 Å². The molecule has 2 aliphatic rings. The van der Waals surface area contributed by atoms with Crippen molar-refractivity contribution < 1.29 is 9.53 Å². The summed E-state index contributed by atoms with van der Waals surface area (Å²) >= 11 is 0. The zero-order valence-corrected chi connectivity index (χ0v) is 18.9. The van der Waals surface area contributed by atoms with Crippen LogP contribution in [0.4, 0.5) is 5.69 Å². The number of anilines is 1. The SMILES string of the molecule is CCCCc1ccc([C@@H]2C[C@H](C(=O)c3ccccc3)[C@@H]3Nc4ccccc4[C@@H]32)cc1OC. The molecule has 3 aromatic carbocycles. The van der Waals surface area contributed by atoms with Crippen molar-refractivity contribution in [2.75, 3.05) is 12.4 Å². The van der Waals surface area contributed by atoms with E-state index >= 15 is 0 Å². The minimum absolute atomic E-state index is 0.0504. The van der Waals surface area contributed by atoms with Crippen molar-refractivity contribution in [2.45, 2.75) is 50.5 Å². The number of hydrogen-bond acceptors (Lipinski definition) is 3. The summed E-state index contributed by atoms with van der Waals surface area (Å²) in [6.45, 7) is 2.22. The van der Waals surface area contributed by atoms with Gasteiger partial charge in [0.1, 0.15) is 5.75 Å². The first-order valence-corrected chi connectivity index (χ1v) is 11.8. The predicted molar refractivity (Wildman–Crippen MR) is 130 cm³/mol. The first kappa shape index (κ1) is 20.8. The summed E-state index contributed by atoms with van der Waals surface area (Å²) in [4.78, 5) is 13.5. The van der Waals surface area contributed by atoms with Crippen molar-refractivity contribution in [2.24, 2.45) is 5.92 Å². The number of fused-ring (bicyclic) bond motifs is 3. The quantitative estimate of drug-likeness (QED) is 0.433. The van der Waals surface area contributed by atoms with Crippen molar-refractivity contribution in [3.8, 4) is 5.75 Å². The number of hydrogen-bond donors (Lipinski definition) is 1. The highest BCUT2D eigenvalue weighted by molar-refractivity contribution is 5.99. The molecular weight excluding hydrogens is 394 g/mol. The predicted octanol–water partition coefficient (Wildman–Crippen LogP) is 6.60. The van der Waals surface area contributed by atoms with Crippen LogP contribution < -0.4 is 10.1 Å². The molecule has 1 aliphatic carbocycles. The highest BCUT2D eigenvalue weighted by atomic mass is 16.5. The summed E-state index contributed by atoms with van der Waals surface area (Å²) < 4.78 is 5.78. The van der Waals surface area contributed by atoms with Crippen LogP contribution in [0.5, 0.6) is 5.75 Å². The van der Waals surface area contributed by atoms with E-state index in [1.807, 2.05) is 30.3 Å². The second-order valence-corrected chi connectivity index (χ2v) is 9.14. The Kier molecular flexibility index (Phi) is 5.73. The zero-order chi connectivity index (χ0) is 22.1. The van der Waals surface area contributed by atoms with Gasteiger partial charge in [-0.1, -0.05) is 74.0 Å². The van der Waals surface area contributed by atoms with Crippen molar-refractivity contribution in [3.05, 3.63) is 95.1 Å². The maximum absolute atomic E-state index is 13.5. The highest BCUT2D eigenvalue weighted by Crippen LogP contribution is 2.56. The van der Waals surface area contributed by atoms with Crippen molar-refractivity contribution >= 4 is 11.5 Å². The van der Waals surface area contributed by atoms with E-state index in [-0.39, 0.29) is 29.6 Å². The zero-order valence-electron chi connectivity index (χ0n) is 18.9. The van der Waals surface area contributed by atoms with Crippen LogP contribution in [-0.4, -0.2) is 18.9 Å². The fraction of sp³-hybridized carbons (Fsp3) is 0.345. The lowest BCUT2D eigenvalue weighted by Crippen LogP contribution is -2.30. The normalized spacial score (nSPS) is 23.3. The fourth-order valence-electron chi connectivity index (χ4n) is 5.76. The summed E-state index contributed by atoms with van der Waals surface area (Å²) in [5.74, 6) is 1.74. The van der Waals surface area contributed by atoms with Gasteiger partial charge in [0.2, 0.25) is 0 Å². The van der Waals surface area contributed by atoms with Gasteiger partial charge in [-0.15, -0.1) is 0 Å². The maximum atomic E-state index is 13.5. The van der Waals surface area contributed by atoms with Crippen molar-refractivity contribution in [1.82, 2.24) is 0 Å². The third-order valence-electron chi connectivity index (χ3n) is 7.34. The lowest BCUT2D eigenvalue weighted by molar-refractivity contribution is 0.0916. The number of rotatable bonds is 7. The van der Waals surface area contributed by atoms with Gasteiger partial charge in [0.25, 0.3) is 0 Å². The van der Waals surface area contributed by atoms with E-state index < -0.39 is 0 Å². The Morgan fingerprint density at radius 1 is 1.03 bits per heavy atom. The van der Waals surface area contributed by atoms with Gasteiger partial charge in [-0.25, -0.2) is 0 Å². The molecule has 4 atom stereocenters. The van der Waals surface area contributed by atoms with Gasteiger partial charge >= 0.3 is 0 Å². The van der Waals surface area contributed by atoms with E-state index in [4.69, 9.17) is 4.74 Å². The minimum Gasteiger partial charge on any atom is -0.496 e. The van der Waals surface area contributed by atoms with Crippen LogP contribution in [-0.2, 0) is 6.42 Å². The van der Waals surface area contributed by atoms with Gasteiger partial charge < -0.3 is 10.1 Å². The number of carbonyl (C=O) groups is 1. The van der Waals surface area contributed by atoms with Gasteiger partial charge in [-0.05, 0) is 54.0 Å². The Morgan fingerprint density at radius 3 is 2.59 bits per heavy atom. The number of methoxy groups -OCH3 is 1. The van der Waals surface area contributed by atoms with Crippen molar-refractivity contribution in [3.63, 3.8) is 0 Å². The number of unbranched alkanes of at least 4 members (excludes halogenated alkanes) is 1. The molecule has 0 unspecified atom stereocenters. The molecule has 0 radical (unpaired) electrons. The molecule has 3 nitrogen and oxygen atoms in total. The number of benzene rings is 3. The van der Waals surface area contributed by atoms with E-state index in [1.165, 1.54) is 28.8 Å². The molecule has 32 heavy (non-hydrogen) atoms. The molecule has 1 N–H and O–H groups in total. The van der Waals surface area contributed by atoms with Crippen LogP contribution >= 0.6 is 0 Å². The molecule has 1 fully saturated rings. The number of ether oxygens (including phenoxy) is 1. The van der Waals surface area contributed by atoms with Gasteiger partial charge in [-0.2, -0.15) is 0 Å². The molecule has 0 saturated heterocycles. The fourth-order valence-corrected chi connectivity index (χ4v) is 5.76. The number of carbonyl (C=O) groups excluding carboxylic acids is 1. The number of ketones is 1. The Labute approximate surface area is 190 Å². The molecule has 1 saturated carbocycles. The largest absolute Gasteiger partial charge is 0.496 e. The molecule has 0 amide bonds. The Bertz CT molecular complexity index is 1110. The number of nitrogens with one attached hydrogen (secondary N) is 1. The van der Waals surface area contributed by atoms with E-state index in [1.54, 1.807) is 7.11 Å².